The molecule has 0 radical (unpaired) electrons. The molecule has 0 fully saturated rings. The minimum atomic E-state index is 0.181. The first kappa shape index (κ1) is 11.5. The fourth-order valence-corrected chi connectivity index (χ4v) is 2.49. The average molecular weight is 298 g/mol. The lowest BCUT2D eigenvalue weighted by atomic mass is 10.3. The lowest BCUT2D eigenvalue weighted by Crippen LogP contribution is -2.07. The molecule has 2 aromatic rings. The van der Waals surface area contributed by atoms with Crippen LogP contribution >= 0.6 is 27.3 Å². The van der Waals surface area contributed by atoms with Crippen LogP contribution in [0.4, 0.5) is 5.82 Å². The van der Waals surface area contributed by atoms with Gasteiger partial charge in [0, 0.05) is 11.1 Å². The predicted molar refractivity (Wildman–Crippen MR) is 70.8 cm³/mol. The second-order valence-corrected chi connectivity index (χ2v) is 5.24. The van der Waals surface area contributed by atoms with Crippen molar-refractivity contribution in [2.75, 3.05) is 5.32 Å². The number of hydrogen-bond donors (Lipinski definition) is 1. The minimum absolute atomic E-state index is 0.181. The standard InChI is InChI=1S/C11H12BrN3S/c1-7-6-16-11(13-7)8(2)14-10-5-3-4-9(12)15-10/h3-6,8H,1-2H3,(H,14,15). The van der Waals surface area contributed by atoms with Crippen LogP contribution in [-0.2, 0) is 0 Å². The zero-order chi connectivity index (χ0) is 11.5. The molecule has 1 N–H and O–H groups in total. The summed E-state index contributed by atoms with van der Waals surface area (Å²) in [6.07, 6.45) is 0. The highest BCUT2D eigenvalue weighted by molar-refractivity contribution is 9.10. The van der Waals surface area contributed by atoms with E-state index in [1.54, 1.807) is 11.3 Å². The molecule has 0 saturated carbocycles. The number of aromatic nitrogens is 2. The maximum Gasteiger partial charge on any atom is 0.127 e. The van der Waals surface area contributed by atoms with Crippen molar-refractivity contribution in [1.29, 1.82) is 0 Å². The first-order valence-electron chi connectivity index (χ1n) is 4.96. The summed E-state index contributed by atoms with van der Waals surface area (Å²) in [6.45, 7) is 4.09. The molecule has 1 atom stereocenters. The lowest BCUT2D eigenvalue weighted by Gasteiger charge is -2.11. The molecule has 3 nitrogen and oxygen atoms in total. The predicted octanol–water partition coefficient (Wildman–Crippen LogP) is 3.78. The van der Waals surface area contributed by atoms with E-state index in [1.165, 1.54) is 0 Å². The molecule has 0 aliphatic rings. The van der Waals surface area contributed by atoms with E-state index < -0.39 is 0 Å². The number of anilines is 1. The molecule has 16 heavy (non-hydrogen) atoms. The van der Waals surface area contributed by atoms with Crippen molar-refractivity contribution in [2.45, 2.75) is 19.9 Å². The van der Waals surface area contributed by atoms with Crippen molar-refractivity contribution < 1.29 is 0 Å². The maximum atomic E-state index is 4.45. The number of aryl methyl sites for hydroxylation is 1. The molecule has 84 valence electrons. The van der Waals surface area contributed by atoms with Crippen LogP contribution in [0, 0.1) is 6.92 Å². The molecule has 2 aromatic heterocycles. The zero-order valence-electron chi connectivity index (χ0n) is 9.07. The van der Waals surface area contributed by atoms with Crippen LogP contribution in [0.15, 0.2) is 28.2 Å². The largest absolute Gasteiger partial charge is 0.361 e. The second kappa shape index (κ2) is 4.93. The van der Waals surface area contributed by atoms with E-state index in [2.05, 4.69) is 43.5 Å². The number of rotatable bonds is 3. The Bertz CT molecular complexity index is 484. The molecule has 2 rings (SSSR count). The first-order chi connectivity index (χ1) is 7.65. The van der Waals surface area contributed by atoms with Gasteiger partial charge in [-0.25, -0.2) is 9.97 Å². The number of pyridine rings is 1. The van der Waals surface area contributed by atoms with Crippen molar-refractivity contribution in [3.63, 3.8) is 0 Å². The van der Waals surface area contributed by atoms with Gasteiger partial charge in [0.1, 0.15) is 15.4 Å². The first-order valence-corrected chi connectivity index (χ1v) is 6.63. The molecule has 0 spiro atoms. The fraction of sp³-hybridized carbons (Fsp3) is 0.273. The van der Waals surface area contributed by atoms with E-state index in [0.29, 0.717) is 0 Å². The van der Waals surface area contributed by atoms with E-state index in [9.17, 15) is 0 Å². The van der Waals surface area contributed by atoms with Gasteiger partial charge in [-0.2, -0.15) is 0 Å². The van der Waals surface area contributed by atoms with Crippen LogP contribution in [-0.4, -0.2) is 9.97 Å². The number of halogens is 1. The maximum absolute atomic E-state index is 4.45. The van der Waals surface area contributed by atoms with Crippen LogP contribution in [0.25, 0.3) is 0 Å². The SMILES string of the molecule is Cc1csc(C(C)Nc2cccc(Br)n2)n1. The number of nitrogens with zero attached hydrogens (tertiary/aromatic N) is 2. The van der Waals surface area contributed by atoms with Gasteiger partial charge in [-0.3, -0.25) is 0 Å². The van der Waals surface area contributed by atoms with Gasteiger partial charge in [-0.15, -0.1) is 11.3 Å². The van der Waals surface area contributed by atoms with E-state index in [1.807, 2.05) is 25.1 Å². The quantitative estimate of drug-likeness (QED) is 0.876. The third-order valence-corrected chi connectivity index (χ3v) is 3.67. The number of hydrogen-bond acceptors (Lipinski definition) is 4. The van der Waals surface area contributed by atoms with E-state index in [0.717, 1.165) is 21.1 Å². The third kappa shape index (κ3) is 2.80. The van der Waals surface area contributed by atoms with Crippen molar-refractivity contribution in [3.05, 3.63) is 38.9 Å². The van der Waals surface area contributed by atoms with Crippen LogP contribution < -0.4 is 5.32 Å². The highest BCUT2D eigenvalue weighted by Crippen LogP contribution is 2.21. The van der Waals surface area contributed by atoms with Crippen molar-refractivity contribution in [3.8, 4) is 0 Å². The molecule has 0 bridgehead atoms. The van der Waals surface area contributed by atoms with E-state index in [-0.39, 0.29) is 6.04 Å². The normalized spacial score (nSPS) is 12.4. The Morgan fingerprint density at radius 1 is 1.38 bits per heavy atom. The van der Waals surface area contributed by atoms with Crippen LogP contribution in [0.5, 0.6) is 0 Å². The zero-order valence-corrected chi connectivity index (χ0v) is 11.5. The van der Waals surface area contributed by atoms with Crippen LogP contribution in [0.1, 0.15) is 23.7 Å². The molecule has 0 saturated heterocycles. The Morgan fingerprint density at radius 2 is 2.19 bits per heavy atom. The van der Waals surface area contributed by atoms with Gasteiger partial charge >= 0.3 is 0 Å². The summed E-state index contributed by atoms with van der Waals surface area (Å²) in [6, 6.07) is 5.99. The summed E-state index contributed by atoms with van der Waals surface area (Å²) in [4.78, 5) is 8.77. The summed E-state index contributed by atoms with van der Waals surface area (Å²) in [5.41, 5.74) is 1.07. The number of thiazole rings is 1. The van der Waals surface area contributed by atoms with Crippen molar-refractivity contribution in [2.24, 2.45) is 0 Å². The smallest absolute Gasteiger partial charge is 0.127 e. The molecule has 0 aromatic carbocycles. The monoisotopic (exact) mass is 297 g/mol. The van der Waals surface area contributed by atoms with Gasteiger partial charge in [0.25, 0.3) is 0 Å². The average Bonchev–Trinajstić information content (AvgIpc) is 2.65. The fourth-order valence-electron chi connectivity index (χ4n) is 1.34. The van der Waals surface area contributed by atoms with Gasteiger partial charge in [0.05, 0.1) is 6.04 Å². The lowest BCUT2D eigenvalue weighted by molar-refractivity contribution is 0.854. The van der Waals surface area contributed by atoms with Gasteiger partial charge in [-0.1, -0.05) is 6.07 Å². The van der Waals surface area contributed by atoms with Gasteiger partial charge in [0.2, 0.25) is 0 Å². The van der Waals surface area contributed by atoms with E-state index >= 15 is 0 Å². The Hall–Kier alpha value is -0.940. The molecule has 0 aliphatic heterocycles. The number of nitrogens with one attached hydrogen (secondary N) is 1. The topological polar surface area (TPSA) is 37.8 Å². The highest BCUT2D eigenvalue weighted by atomic mass is 79.9. The third-order valence-electron chi connectivity index (χ3n) is 2.09. The summed E-state index contributed by atoms with van der Waals surface area (Å²) >= 11 is 5.02. The molecule has 0 aliphatic carbocycles. The van der Waals surface area contributed by atoms with Gasteiger partial charge in [-0.05, 0) is 41.9 Å². The Morgan fingerprint density at radius 3 is 2.81 bits per heavy atom. The second-order valence-electron chi connectivity index (χ2n) is 3.54. The van der Waals surface area contributed by atoms with Crippen LogP contribution in [0.3, 0.4) is 0 Å². The summed E-state index contributed by atoms with van der Waals surface area (Å²) in [5, 5.41) is 6.46. The summed E-state index contributed by atoms with van der Waals surface area (Å²) in [5.74, 6) is 0.856. The van der Waals surface area contributed by atoms with Crippen molar-refractivity contribution in [1.82, 2.24) is 9.97 Å². The van der Waals surface area contributed by atoms with Crippen LogP contribution in [0.2, 0.25) is 0 Å². The molecule has 5 heteroatoms. The highest BCUT2D eigenvalue weighted by Gasteiger charge is 2.09. The Balaban J connectivity index is 2.10. The summed E-state index contributed by atoms with van der Waals surface area (Å²) in [7, 11) is 0. The Labute approximate surface area is 107 Å². The summed E-state index contributed by atoms with van der Waals surface area (Å²) < 4.78 is 0.833. The molecule has 0 amide bonds. The molecular formula is C11H12BrN3S. The molecule has 1 unspecified atom stereocenters. The van der Waals surface area contributed by atoms with Crippen molar-refractivity contribution >= 4 is 33.1 Å². The van der Waals surface area contributed by atoms with E-state index in [4.69, 9.17) is 0 Å². The van der Waals surface area contributed by atoms with Gasteiger partial charge in [0.15, 0.2) is 0 Å². The minimum Gasteiger partial charge on any atom is -0.361 e. The van der Waals surface area contributed by atoms with Gasteiger partial charge < -0.3 is 5.32 Å². The Kier molecular flexibility index (Phi) is 3.56. The molecular weight excluding hydrogens is 286 g/mol. The molecule has 2 heterocycles.